The molecular formula is C15H22N2O2. The zero-order chi connectivity index (χ0) is 13.7. The Morgan fingerprint density at radius 3 is 2.74 bits per heavy atom. The summed E-state index contributed by atoms with van der Waals surface area (Å²) in [5, 5.41) is 2.98. The van der Waals surface area contributed by atoms with Gasteiger partial charge in [-0.25, -0.2) is 0 Å². The predicted molar refractivity (Wildman–Crippen MR) is 76.0 cm³/mol. The van der Waals surface area contributed by atoms with E-state index in [1.165, 1.54) is 0 Å². The number of nitrogens with one attached hydrogen (secondary N) is 1. The molecule has 0 unspecified atom stereocenters. The summed E-state index contributed by atoms with van der Waals surface area (Å²) < 4.78 is 5.09. The molecule has 0 atom stereocenters. The molecule has 2 rings (SSSR count). The minimum atomic E-state index is -0.686. The summed E-state index contributed by atoms with van der Waals surface area (Å²) in [5.74, 6) is -0.0603. The summed E-state index contributed by atoms with van der Waals surface area (Å²) in [6.45, 7) is 0.640. The summed E-state index contributed by atoms with van der Waals surface area (Å²) in [7, 11) is 1.68. The maximum Gasteiger partial charge on any atom is 0.244 e. The minimum Gasteiger partial charge on any atom is -0.384 e. The smallest absolute Gasteiger partial charge is 0.244 e. The SMILES string of the molecule is COCCc1ccccc1NC(=O)C1(N)CCCC1. The second-order valence-corrected chi connectivity index (χ2v) is 5.22. The first-order chi connectivity index (χ1) is 9.15. The lowest BCUT2D eigenvalue weighted by Crippen LogP contribution is -2.48. The molecule has 0 saturated heterocycles. The van der Waals surface area contributed by atoms with Crippen LogP contribution in [0.3, 0.4) is 0 Å². The molecule has 1 amide bonds. The van der Waals surface area contributed by atoms with Gasteiger partial charge in [-0.1, -0.05) is 31.0 Å². The Bertz CT molecular complexity index is 440. The van der Waals surface area contributed by atoms with Crippen LogP contribution < -0.4 is 11.1 Å². The van der Waals surface area contributed by atoms with E-state index in [-0.39, 0.29) is 5.91 Å². The number of carbonyl (C=O) groups is 1. The van der Waals surface area contributed by atoms with Gasteiger partial charge in [-0.05, 0) is 30.9 Å². The van der Waals surface area contributed by atoms with Crippen LogP contribution in [0.15, 0.2) is 24.3 Å². The van der Waals surface area contributed by atoms with Gasteiger partial charge in [0.05, 0.1) is 12.1 Å². The number of anilines is 1. The average molecular weight is 262 g/mol. The Labute approximate surface area is 114 Å². The molecule has 0 radical (unpaired) electrons. The quantitative estimate of drug-likeness (QED) is 0.854. The molecule has 1 aromatic rings. The molecule has 1 aliphatic carbocycles. The van der Waals surface area contributed by atoms with Crippen molar-refractivity contribution in [2.75, 3.05) is 19.0 Å². The molecule has 1 aliphatic rings. The third kappa shape index (κ3) is 3.33. The third-order valence-electron chi connectivity index (χ3n) is 3.79. The van der Waals surface area contributed by atoms with Crippen molar-refractivity contribution in [3.8, 4) is 0 Å². The van der Waals surface area contributed by atoms with Gasteiger partial charge in [-0.2, -0.15) is 0 Å². The summed E-state index contributed by atoms with van der Waals surface area (Å²) in [6, 6.07) is 7.81. The summed E-state index contributed by atoms with van der Waals surface area (Å²) in [5.41, 5.74) is 7.41. The van der Waals surface area contributed by atoms with Crippen LogP contribution in [0.4, 0.5) is 5.69 Å². The van der Waals surface area contributed by atoms with Gasteiger partial charge in [0.25, 0.3) is 0 Å². The second kappa shape index (κ2) is 6.17. The largest absolute Gasteiger partial charge is 0.384 e. The van der Waals surface area contributed by atoms with E-state index in [9.17, 15) is 4.79 Å². The Kier molecular flexibility index (Phi) is 4.56. The Hall–Kier alpha value is -1.39. The van der Waals surface area contributed by atoms with Crippen molar-refractivity contribution in [1.82, 2.24) is 0 Å². The van der Waals surface area contributed by atoms with Crippen molar-refractivity contribution >= 4 is 11.6 Å². The number of amides is 1. The van der Waals surface area contributed by atoms with Gasteiger partial charge in [-0.3, -0.25) is 4.79 Å². The van der Waals surface area contributed by atoms with Crippen molar-refractivity contribution < 1.29 is 9.53 Å². The summed E-state index contributed by atoms with van der Waals surface area (Å²) in [4.78, 5) is 12.3. The van der Waals surface area contributed by atoms with Gasteiger partial charge in [0.1, 0.15) is 0 Å². The molecule has 4 nitrogen and oxygen atoms in total. The second-order valence-electron chi connectivity index (χ2n) is 5.22. The Morgan fingerprint density at radius 2 is 2.05 bits per heavy atom. The lowest BCUT2D eigenvalue weighted by atomic mass is 9.97. The summed E-state index contributed by atoms with van der Waals surface area (Å²) >= 11 is 0. The lowest BCUT2D eigenvalue weighted by molar-refractivity contribution is -0.121. The van der Waals surface area contributed by atoms with Crippen LogP contribution in [0.1, 0.15) is 31.2 Å². The minimum absolute atomic E-state index is 0.0603. The van der Waals surface area contributed by atoms with Crippen LogP contribution >= 0.6 is 0 Å². The number of carbonyl (C=O) groups excluding carboxylic acids is 1. The first kappa shape index (κ1) is 14.0. The van der Waals surface area contributed by atoms with Crippen molar-refractivity contribution in [1.29, 1.82) is 0 Å². The van der Waals surface area contributed by atoms with Crippen molar-refractivity contribution in [2.24, 2.45) is 5.73 Å². The maximum absolute atomic E-state index is 12.3. The molecule has 4 heteroatoms. The van der Waals surface area contributed by atoms with E-state index in [1.807, 2.05) is 24.3 Å². The normalized spacial score (nSPS) is 17.4. The molecule has 0 spiro atoms. The molecule has 0 bridgehead atoms. The van der Waals surface area contributed by atoms with Crippen LogP contribution in [-0.4, -0.2) is 25.2 Å². The molecular weight excluding hydrogens is 240 g/mol. The van der Waals surface area contributed by atoms with Gasteiger partial charge in [-0.15, -0.1) is 0 Å². The van der Waals surface area contributed by atoms with Crippen molar-refractivity contribution in [3.63, 3.8) is 0 Å². The van der Waals surface area contributed by atoms with Crippen LogP contribution in [-0.2, 0) is 16.0 Å². The van der Waals surface area contributed by atoms with Crippen molar-refractivity contribution in [2.45, 2.75) is 37.6 Å². The molecule has 0 aliphatic heterocycles. The Balaban J connectivity index is 2.07. The van der Waals surface area contributed by atoms with Gasteiger partial charge < -0.3 is 15.8 Å². The standard InChI is InChI=1S/C15H22N2O2/c1-19-11-8-12-6-2-3-7-13(12)17-14(18)15(16)9-4-5-10-15/h2-3,6-7H,4-5,8-11,16H2,1H3,(H,17,18). The zero-order valence-corrected chi connectivity index (χ0v) is 11.4. The molecule has 1 fully saturated rings. The number of nitrogens with two attached hydrogens (primary N) is 1. The van der Waals surface area contributed by atoms with E-state index >= 15 is 0 Å². The predicted octanol–water partition coefficient (Wildman–Crippen LogP) is 2.09. The molecule has 0 aromatic heterocycles. The number of benzene rings is 1. The molecule has 0 heterocycles. The fourth-order valence-electron chi connectivity index (χ4n) is 2.55. The number of para-hydroxylation sites is 1. The zero-order valence-electron chi connectivity index (χ0n) is 11.4. The van der Waals surface area contributed by atoms with E-state index in [4.69, 9.17) is 10.5 Å². The molecule has 104 valence electrons. The highest BCUT2D eigenvalue weighted by atomic mass is 16.5. The fraction of sp³-hybridized carbons (Fsp3) is 0.533. The first-order valence-corrected chi connectivity index (χ1v) is 6.83. The van der Waals surface area contributed by atoms with Crippen LogP contribution in [0, 0.1) is 0 Å². The molecule has 19 heavy (non-hydrogen) atoms. The van der Waals surface area contributed by atoms with E-state index in [1.54, 1.807) is 7.11 Å². The van der Waals surface area contributed by atoms with Gasteiger partial charge >= 0.3 is 0 Å². The highest BCUT2D eigenvalue weighted by molar-refractivity contribution is 5.98. The van der Waals surface area contributed by atoms with E-state index in [2.05, 4.69) is 5.32 Å². The molecule has 1 aromatic carbocycles. The average Bonchev–Trinajstić information content (AvgIpc) is 2.86. The van der Waals surface area contributed by atoms with E-state index in [0.29, 0.717) is 6.61 Å². The highest BCUT2D eigenvalue weighted by Gasteiger charge is 2.37. The fourth-order valence-corrected chi connectivity index (χ4v) is 2.55. The van der Waals surface area contributed by atoms with Gasteiger partial charge in [0, 0.05) is 12.8 Å². The van der Waals surface area contributed by atoms with Crippen LogP contribution in [0.25, 0.3) is 0 Å². The number of methoxy groups -OCH3 is 1. The number of hydrogen-bond acceptors (Lipinski definition) is 3. The third-order valence-corrected chi connectivity index (χ3v) is 3.79. The number of rotatable bonds is 5. The van der Waals surface area contributed by atoms with Gasteiger partial charge in [0.15, 0.2) is 0 Å². The number of ether oxygens (including phenoxy) is 1. The first-order valence-electron chi connectivity index (χ1n) is 6.83. The highest BCUT2D eigenvalue weighted by Crippen LogP contribution is 2.29. The van der Waals surface area contributed by atoms with Crippen molar-refractivity contribution in [3.05, 3.63) is 29.8 Å². The Morgan fingerprint density at radius 1 is 1.37 bits per heavy atom. The monoisotopic (exact) mass is 262 g/mol. The van der Waals surface area contributed by atoms with Crippen LogP contribution in [0.2, 0.25) is 0 Å². The van der Waals surface area contributed by atoms with Crippen LogP contribution in [0.5, 0.6) is 0 Å². The maximum atomic E-state index is 12.3. The number of hydrogen-bond donors (Lipinski definition) is 2. The van der Waals surface area contributed by atoms with E-state index < -0.39 is 5.54 Å². The topological polar surface area (TPSA) is 64.3 Å². The lowest BCUT2D eigenvalue weighted by Gasteiger charge is -2.23. The van der Waals surface area contributed by atoms with E-state index in [0.717, 1.165) is 43.4 Å². The molecule has 3 N–H and O–H groups in total. The van der Waals surface area contributed by atoms with Gasteiger partial charge in [0.2, 0.25) is 5.91 Å². The molecule has 1 saturated carbocycles. The summed E-state index contributed by atoms with van der Waals surface area (Å²) in [6.07, 6.45) is 4.41.